The molecule has 0 saturated heterocycles. The highest BCUT2D eigenvalue weighted by Gasteiger charge is 2.08. The molecule has 3 rings (SSSR count). The molecule has 0 saturated carbocycles. The Morgan fingerprint density at radius 3 is 2.38 bits per heavy atom. The predicted molar refractivity (Wildman–Crippen MR) is 103 cm³/mol. The van der Waals surface area contributed by atoms with Gasteiger partial charge in [0.05, 0.1) is 6.61 Å². The van der Waals surface area contributed by atoms with Crippen LogP contribution in [0.25, 0.3) is 0 Å². The molecule has 3 aromatic rings. The molecular formula is C23H22O3. The first-order valence-electron chi connectivity index (χ1n) is 8.69. The minimum absolute atomic E-state index is 0.454. The van der Waals surface area contributed by atoms with Crippen molar-refractivity contribution in [2.45, 2.75) is 20.0 Å². The molecule has 3 aromatic carbocycles. The van der Waals surface area contributed by atoms with Gasteiger partial charge in [-0.3, -0.25) is 4.79 Å². The quantitative estimate of drug-likeness (QED) is 0.538. The maximum absolute atomic E-state index is 11.1. The highest BCUT2D eigenvalue weighted by atomic mass is 16.5. The Bertz CT molecular complexity index is 856. The largest absolute Gasteiger partial charge is 0.489 e. The van der Waals surface area contributed by atoms with Crippen LogP contribution in [0.2, 0.25) is 0 Å². The Balaban J connectivity index is 1.66. The van der Waals surface area contributed by atoms with E-state index in [-0.39, 0.29) is 0 Å². The van der Waals surface area contributed by atoms with Gasteiger partial charge in [0.15, 0.2) is 11.5 Å². The molecular weight excluding hydrogens is 324 g/mol. The van der Waals surface area contributed by atoms with E-state index in [9.17, 15) is 4.79 Å². The van der Waals surface area contributed by atoms with Gasteiger partial charge in [-0.1, -0.05) is 60.2 Å². The van der Waals surface area contributed by atoms with E-state index in [1.807, 2.05) is 36.4 Å². The Hall–Kier alpha value is -3.07. The van der Waals surface area contributed by atoms with Crippen LogP contribution in [0.5, 0.6) is 11.5 Å². The summed E-state index contributed by atoms with van der Waals surface area (Å²) in [7, 11) is 0. The normalized spacial score (nSPS) is 10.3. The van der Waals surface area contributed by atoms with Gasteiger partial charge in [0.25, 0.3) is 0 Å². The number of benzene rings is 3. The lowest BCUT2D eigenvalue weighted by Crippen LogP contribution is -2.04. The summed E-state index contributed by atoms with van der Waals surface area (Å²) < 4.78 is 11.8. The second kappa shape index (κ2) is 8.86. The lowest BCUT2D eigenvalue weighted by atomic mass is 10.1. The van der Waals surface area contributed by atoms with Crippen LogP contribution in [0.3, 0.4) is 0 Å². The molecule has 0 heterocycles. The molecule has 0 aromatic heterocycles. The summed E-state index contributed by atoms with van der Waals surface area (Å²) in [5, 5.41) is 0. The highest BCUT2D eigenvalue weighted by Crippen LogP contribution is 2.29. The summed E-state index contributed by atoms with van der Waals surface area (Å²) in [6.07, 6.45) is 1.61. The summed E-state index contributed by atoms with van der Waals surface area (Å²) in [5.74, 6) is 1.24. The first kappa shape index (κ1) is 17.7. The third kappa shape index (κ3) is 4.96. The van der Waals surface area contributed by atoms with Gasteiger partial charge in [0, 0.05) is 12.0 Å². The fourth-order valence-electron chi connectivity index (χ4n) is 2.71. The molecule has 0 fully saturated rings. The smallest absolute Gasteiger partial charge is 0.161 e. The van der Waals surface area contributed by atoms with E-state index in [0.717, 1.165) is 18.3 Å². The van der Waals surface area contributed by atoms with Crippen molar-refractivity contribution in [3.63, 3.8) is 0 Å². The van der Waals surface area contributed by atoms with Crippen molar-refractivity contribution >= 4 is 6.29 Å². The van der Waals surface area contributed by atoms with Gasteiger partial charge in [0.1, 0.15) is 12.9 Å². The summed E-state index contributed by atoms with van der Waals surface area (Å²) >= 11 is 0. The van der Waals surface area contributed by atoms with Crippen molar-refractivity contribution in [2.75, 3.05) is 6.61 Å². The lowest BCUT2D eigenvalue weighted by Gasteiger charge is -2.13. The standard InChI is InChI=1S/C23H22O3/c1-18-6-5-9-19(14-18)12-13-25-23-15-21(16-24)10-11-22(23)26-17-20-7-3-2-4-8-20/h2-11,14-16H,12-13,17H2,1H3. The molecule has 0 aliphatic carbocycles. The third-order valence-corrected chi connectivity index (χ3v) is 4.07. The molecule has 0 radical (unpaired) electrons. The first-order chi connectivity index (χ1) is 12.7. The van der Waals surface area contributed by atoms with Crippen molar-refractivity contribution in [2.24, 2.45) is 0 Å². The van der Waals surface area contributed by atoms with Crippen LogP contribution in [0.1, 0.15) is 27.0 Å². The molecule has 0 spiro atoms. The third-order valence-electron chi connectivity index (χ3n) is 4.07. The van der Waals surface area contributed by atoms with E-state index < -0.39 is 0 Å². The predicted octanol–water partition coefficient (Wildman–Crippen LogP) is 5.01. The number of carbonyl (C=O) groups is 1. The van der Waals surface area contributed by atoms with E-state index in [2.05, 4.69) is 25.1 Å². The van der Waals surface area contributed by atoms with Gasteiger partial charge in [-0.05, 0) is 36.2 Å². The maximum atomic E-state index is 11.1. The van der Waals surface area contributed by atoms with E-state index in [4.69, 9.17) is 9.47 Å². The molecule has 132 valence electrons. The van der Waals surface area contributed by atoms with Gasteiger partial charge >= 0.3 is 0 Å². The summed E-state index contributed by atoms with van der Waals surface area (Å²) in [6.45, 7) is 3.05. The highest BCUT2D eigenvalue weighted by molar-refractivity contribution is 5.76. The van der Waals surface area contributed by atoms with Crippen molar-refractivity contribution in [1.82, 2.24) is 0 Å². The maximum Gasteiger partial charge on any atom is 0.161 e. The van der Waals surface area contributed by atoms with Gasteiger partial charge in [-0.2, -0.15) is 0 Å². The molecule has 0 aliphatic rings. The van der Waals surface area contributed by atoms with Crippen LogP contribution in [0, 0.1) is 6.92 Å². The zero-order valence-corrected chi connectivity index (χ0v) is 14.9. The molecule has 0 amide bonds. The Kier molecular flexibility index (Phi) is 6.05. The second-order valence-corrected chi connectivity index (χ2v) is 6.19. The Labute approximate surface area is 154 Å². The fourth-order valence-corrected chi connectivity index (χ4v) is 2.71. The van der Waals surface area contributed by atoms with Crippen LogP contribution < -0.4 is 9.47 Å². The van der Waals surface area contributed by atoms with Crippen LogP contribution in [-0.4, -0.2) is 12.9 Å². The average molecular weight is 346 g/mol. The number of aryl methyl sites for hydroxylation is 1. The SMILES string of the molecule is Cc1cccc(CCOc2cc(C=O)ccc2OCc2ccccc2)c1. The number of hydrogen-bond donors (Lipinski definition) is 0. The molecule has 0 unspecified atom stereocenters. The minimum atomic E-state index is 0.454. The van der Waals surface area contributed by atoms with Crippen molar-refractivity contribution in [1.29, 1.82) is 0 Å². The van der Waals surface area contributed by atoms with E-state index >= 15 is 0 Å². The van der Waals surface area contributed by atoms with E-state index in [1.165, 1.54) is 11.1 Å². The molecule has 0 aliphatic heterocycles. The Morgan fingerprint density at radius 2 is 1.62 bits per heavy atom. The van der Waals surface area contributed by atoms with E-state index in [1.54, 1.807) is 18.2 Å². The zero-order chi connectivity index (χ0) is 18.2. The van der Waals surface area contributed by atoms with Crippen LogP contribution >= 0.6 is 0 Å². The molecule has 3 nitrogen and oxygen atoms in total. The summed E-state index contributed by atoms with van der Waals surface area (Å²) in [6, 6.07) is 23.6. The number of hydrogen-bond acceptors (Lipinski definition) is 3. The van der Waals surface area contributed by atoms with E-state index in [0.29, 0.717) is 30.3 Å². The van der Waals surface area contributed by atoms with Gasteiger partial charge < -0.3 is 9.47 Å². The van der Waals surface area contributed by atoms with Crippen molar-refractivity contribution < 1.29 is 14.3 Å². The minimum Gasteiger partial charge on any atom is -0.489 e. The fraction of sp³-hybridized carbons (Fsp3) is 0.174. The average Bonchev–Trinajstić information content (AvgIpc) is 2.68. The molecule has 0 bridgehead atoms. The van der Waals surface area contributed by atoms with Crippen LogP contribution in [-0.2, 0) is 13.0 Å². The van der Waals surface area contributed by atoms with Crippen LogP contribution in [0.15, 0.2) is 72.8 Å². The van der Waals surface area contributed by atoms with Crippen molar-refractivity contribution in [3.05, 3.63) is 95.1 Å². The topological polar surface area (TPSA) is 35.5 Å². The second-order valence-electron chi connectivity index (χ2n) is 6.19. The molecule has 3 heteroatoms. The number of rotatable bonds is 8. The van der Waals surface area contributed by atoms with Crippen molar-refractivity contribution in [3.8, 4) is 11.5 Å². The number of ether oxygens (including phenoxy) is 2. The zero-order valence-electron chi connectivity index (χ0n) is 14.9. The van der Waals surface area contributed by atoms with Gasteiger partial charge in [-0.25, -0.2) is 0 Å². The Morgan fingerprint density at radius 1 is 0.808 bits per heavy atom. The monoisotopic (exact) mass is 346 g/mol. The summed E-state index contributed by atoms with van der Waals surface area (Å²) in [4.78, 5) is 11.1. The summed E-state index contributed by atoms with van der Waals surface area (Å²) in [5.41, 5.74) is 4.11. The number of carbonyl (C=O) groups excluding carboxylic acids is 1. The first-order valence-corrected chi connectivity index (χ1v) is 8.69. The lowest BCUT2D eigenvalue weighted by molar-refractivity contribution is 0.112. The van der Waals surface area contributed by atoms with Gasteiger partial charge in [0.2, 0.25) is 0 Å². The molecule has 26 heavy (non-hydrogen) atoms. The number of aldehydes is 1. The van der Waals surface area contributed by atoms with Crippen LogP contribution in [0.4, 0.5) is 0 Å². The molecule has 0 atom stereocenters. The molecule has 0 N–H and O–H groups in total. The van der Waals surface area contributed by atoms with Gasteiger partial charge in [-0.15, -0.1) is 0 Å².